The molecule has 0 aromatic carbocycles. The highest BCUT2D eigenvalue weighted by molar-refractivity contribution is 4.96. The molecule has 0 amide bonds. The van der Waals surface area contributed by atoms with Crippen LogP contribution in [0.25, 0.3) is 0 Å². The van der Waals surface area contributed by atoms with E-state index in [1.807, 2.05) is 0 Å². The number of hydrogen-bond donors (Lipinski definition) is 1. The molecule has 3 heteroatoms. The predicted molar refractivity (Wildman–Crippen MR) is 80.5 cm³/mol. The smallest absolute Gasteiger partial charge is 0.0469 e. The standard InChI is InChI=1S/C16H32N2O/c1-4-15-11-17-16(5-2,6-3)13-18(15)12-14-7-9-19-10-8-14/h14-15,17H,4-13H2,1-3H3. The molecule has 0 saturated carbocycles. The molecule has 19 heavy (non-hydrogen) atoms. The molecule has 2 rings (SSSR count). The summed E-state index contributed by atoms with van der Waals surface area (Å²) in [7, 11) is 0. The molecule has 2 aliphatic rings. The van der Waals surface area contributed by atoms with Gasteiger partial charge in [0.15, 0.2) is 0 Å². The van der Waals surface area contributed by atoms with E-state index in [4.69, 9.17) is 4.74 Å². The highest BCUT2D eigenvalue weighted by Gasteiger charge is 2.36. The number of hydrogen-bond acceptors (Lipinski definition) is 3. The average Bonchev–Trinajstić information content (AvgIpc) is 2.48. The lowest BCUT2D eigenvalue weighted by molar-refractivity contribution is 0.0188. The largest absolute Gasteiger partial charge is 0.381 e. The number of piperazine rings is 1. The Balaban J connectivity index is 1.96. The van der Waals surface area contributed by atoms with Crippen LogP contribution in [-0.2, 0) is 4.74 Å². The molecule has 0 aromatic heterocycles. The Morgan fingerprint density at radius 3 is 2.42 bits per heavy atom. The van der Waals surface area contributed by atoms with Crippen LogP contribution in [0.15, 0.2) is 0 Å². The van der Waals surface area contributed by atoms with E-state index in [1.54, 1.807) is 0 Å². The van der Waals surface area contributed by atoms with E-state index in [2.05, 4.69) is 31.0 Å². The molecule has 0 aliphatic carbocycles. The van der Waals surface area contributed by atoms with Crippen LogP contribution in [0.3, 0.4) is 0 Å². The molecule has 1 N–H and O–H groups in total. The molecule has 112 valence electrons. The first-order valence-corrected chi connectivity index (χ1v) is 8.29. The maximum Gasteiger partial charge on any atom is 0.0469 e. The Kier molecular flexibility index (Phi) is 5.67. The second kappa shape index (κ2) is 7.05. The van der Waals surface area contributed by atoms with Gasteiger partial charge in [-0.05, 0) is 38.0 Å². The van der Waals surface area contributed by atoms with E-state index in [1.165, 1.54) is 51.7 Å². The van der Waals surface area contributed by atoms with Gasteiger partial charge in [0.05, 0.1) is 0 Å². The molecule has 0 aromatic rings. The highest BCUT2D eigenvalue weighted by atomic mass is 16.5. The summed E-state index contributed by atoms with van der Waals surface area (Å²) in [6.07, 6.45) is 6.26. The monoisotopic (exact) mass is 268 g/mol. The van der Waals surface area contributed by atoms with E-state index in [9.17, 15) is 0 Å². The predicted octanol–water partition coefficient (Wildman–Crippen LogP) is 2.66. The van der Waals surface area contributed by atoms with E-state index in [0.29, 0.717) is 5.54 Å². The molecule has 2 saturated heterocycles. The minimum absolute atomic E-state index is 0.358. The van der Waals surface area contributed by atoms with Crippen molar-refractivity contribution in [1.82, 2.24) is 10.2 Å². The van der Waals surface area contributed by atoms with E-state index < -0.39 is 0 Å². The zero-order chi connectivity index (χ0) is 13.7. The Hall–Kier alpha value is -0.120. The van der Waals surface area contributed by atoms with Crippen LogP contribution in [0.2, 0.25) is 0 Å². The Morgan fingerprint density at radius 2 is 1.84 bits per heavy atom. The van der Waals surface area contributed by atoms with Crippen molar-refractivity contribution in [2.45, 2.75) is 64.5 Å². The summed E-state index contributed by atoms with van der Waals surface area (Å²) in [5, 5.41) is 3.83. The second-order valence-electron chi connectivity index (χ2n) is 6.42. The Bertz CT molecular complexity index is 259. The molecule has 2 aliphatic heterocycles. The van der Waals surface area contributed by atoms with Gasteiger partial charge < -0.3 is 10.1 Å². The molecule has 3 nitrogen and oxygen atoms in total. The first-order chi connectivity index (χ1) is 9.23. The Labute approximate surface area is 119 Å². The summed E-state index contributed by atoms with van der Waals surface area (Å²) >= 11 is 0. The van der Waals surface area contributed by atoms with Crippen molar-refractivity contribution in [3.8, 4) is 0 Å². The van der Waals surface area contributed by atoms with Gasteiger partial charge in [-0.1, -0.05) is 20.8 Å². The van der Waals surface area contributed by atoms with Crippen molar-refractivity contribution in [3.05, 3.63) is 0 Å². The molecule has 2 fully saturated rings. The lowest BCUT2D eigenvalue weighted by atomic mass is 9.87. The fourth-order valence-electron chi connectivity index (χ4n) is 3.64. The normalized spacial score (nSPS) is 29.5. The van der Waals surface area contributed by atoms with E-state index >= 15 is 0 Å². The van der Waals surface area contributed by atoms with Crippen LogP contribution in [0.5, 0.6) is 0 Å². The van der Waals surface area contributed by atoms with Crippen LogP contribution < -0.4 is 5.32 Å². The maximum atomic E-state index is 5.49. The van der Waals surface area contributed by atoms with Gasteiger partial charge in [0.25, 0.3) is 0 Å². The lowest BCUT2D eigenvalue weighted by Gasteiger charge is -2.48. The number of nitrogens with zero attached hydrogens (tertiary/aromatic N) is 1. The van der Waals surface area contributed by atoms with Crippen molar-refractivity contribution in [1.29, 1.82) is 0 Å². The van der Waals surface area contributed by atoms with Gasteiger partial charge in [-0.3, -0.25) is 4.90 Å². The van der Waals surface area contributed by atoms with Crippen molar-refractivity contribution < 1.29 is 4.74 Å². The fraction of sp³-hybridized carbons (Fsp3) is 1.00. The summed E-state index contributed by atoms with van der Waals surface area (Å²) in [6, 6.07) is 0.731. The van der Waals surface area contributed by atoms with Crippen molar-refractivity contribution in [2.75, 3.05) is 32.8 Å². The van der Waals surface area contributed by atoms with Crippen molar-refractivity contribution >= 4 is 0 Å². The average molecular weight is 268 g/mol. The second-order valence-corrected chi connectivity index (χ2v) is 6.42. The number of ether oxygens (including phenoxy) is 1. The lowest BCUT2D eigenvalue weighted by Crippen LogP contribution is -2.64. The van der Waals surface area contributed by atoms with Gasteiger partial charge in [-0.15, -0.1) is 0 Å². The third-order valence-corrected chi connectivity index (χ3v) is 5.39. The van der Waals surface area contributed by atoms with Gasteiger partial charge >= 0.3 is 0 Å². The SMILES string of the molecule is CCC1CNC(CC)(CC)CN1CC1CCOCC1. The van der Waals surface area contributed by atoms with Gasteiger partial charge in [0.2, 0.25) is 0 Å². The van der Waals surface area contributed by atoms with Gasteiger partial charge in [-0.2, -0.15) is 0 Å². The first-order valence-electron chi connectivity index (χ1n) is 8.29. The molecular weight excluding hydrogens is 236 g/mol. The highest BCUT2D eigenvalue weighted by Crippen LogP contribution is 2.26. The van der Waals surface area contributed by atoms with Gasteiger partial charge in [0, 0.05) is 44.4 Å². The van der Waals surface area contributed by atoms with E-state index in [0.717, 1.165) is 25.2 Å². The zero-order valence-electron chi connectivity index (χ0n) is 13.1. The zero-order valence-corrected chi connectivity index (χ0v) is 13.1. The third kappa shape index (κ3) is 3.71. The number of nitrogens with one attached hydrogen (secondary N) is 1. The van der Waals surface area contributed by atoms with Crippen LogP contribution in [0.4, 0.5) is 0 Å². The van der Waals surface area contributed by atoms with Crippen LogP contribution in [0, 0.1) is 5.92 Å². The maximum absolute atomic E-state index is 5.49. The summed E-state index contributed by atoms with van der Waals surface area (Å²) in [6.45, 7) is 12.6. The summed E-state index contributed by atoms with van der Waals surface area (Å²) in [4.78, 5) is 2.78. The Morgan fingerprint density at radius 1 is 1.16 bits per heavy atom. The van der Waals surface area contributed by atoms with Crippen LogP contribution in [0.1, 0.15) is 52.9 Å². The summed E-state index contributed by atoms with van der Waals surface area (Å²) in [5.41, 5.74) is 0.358. The minimum Gasteiger partial charge on any atom is -0.381 e. The molecule has 2 heterocycles. The van der Waals surface area contributed by atoms with Crippen LogP contribution in [-0.4, -0.2) is 49.3 Å². The molecule has 0 radical (unpaired) electrons. The van der Waals surface area contributed by atoms with Gasteiger partial charge in [-0.25, -0.2) is 0 Å². The van der Waals surface area contributed by atoms with Gasteiger partial charge in [0.1, 0.15) is 0 Å². The summed E-state index contributed by atoms with van der Waals surface area (Å²) < 4.78 is 5.49. The minimum atomic E-state index is 0.358. The summed E-state index contributed by atoms with van der Waals surface area (Å²) in [5.74, 6) is 0.854. The molecule has 1 unspecified atom stereocenters. The number of rotatable bonds is 5. The molecular formula is C16H32N2O. The topological polar surface area (TPSA) is 24.5 Å². The van der Waals surface area contributed by atoms with Crippen molar-refractivity contribution in [2.24, 2.45) is 5.92 Å². The van der Waals surface area contributed by atoms with Crippen LogP contribution >= 0.6 is 0 Å². The quantitative estimate of drug-likeness (QED) is 0.829. The fourth-order valence-corrected chi connectivity index (χ4v) is 3.64. The molecule has 1 atom stereocenters. The molecule has 0 spiro atoms. The van der Waals surface area contributed by atoms with Crippen molar-refractivity contribution in [3.63, 3.8) is 0 Å². The third-order valence-electron chi connectivity index (χ3n) is 5.39. The first kappa shape index (κ1) is 15.3. The van der Waals surface area contributed by atoms with E-state index in [-0.39, 0.29) is 0 Å². The molecule has 0 bridgehead atoms.